The van der Waals surface area contributed by atoms with Crippen molar-refractivity contribution in [3.63, 3.8) is 0 Å². The van der Waals surface area contributed by atoms with E-state index in [1.165, 1.54) is 0 Å². The molecule has 0 aromatic carbocycles. The molecule has 18 heavy (non-hydrogen) atoms. The number of amides is 1. The molecule has 0 saturated heterocycles. The normalized spacial score (nSPS) is 11.2. The zero-order chi connectivity index (χ0) is 13.8. The van der Waals surface area contributed by atoms with Gasteiger partial charge in [-0.05, 0) is 19.8 Å². The second-order valence-electron chi connectivity index (χ2n) is 4.30. The van der Waals surface area contributed by atoms with Crippen LogP contribution in [0.2, 0.25) is 0 Å². The lowest BCUT2D eigenvalue weighted by molar-refractivity contribution is -0.119. The van der Waals surface area contributed by atoms with Crippen LogP contribution in [0.1, 0.15) is 40.0 Å². The van der Waals surface area contributed by atoms with Crippen LogP contribution in [0.3, 0.4) is 0 Å². The molecule has 0 bridgehead atoms. The first-order chi connectivity index (χ1) is 8.65. The number of nitrogens with zero attached hydrogens (tertiary/aromatic N) is 2. The quantitative estimate of drug-likeness (QED) is 0.507. The fourth-order valence-electron chi connectivity index (χ4n) is 1.44. The molecule has 1 amide bonds. The van der Waals surface area contributed by atoms with E-state index in [0.29, 0.717) is 0 Å². The Morgan fingerprint density at radius 2 is 1.89 bits per heavy atom. The lowest BCUT2D eigenvalue weighted by atomic mass is 10.3. The van der Waals surface area contributed by atoms with E-state index in [9.17, 15) is 4.79 Å². The highest BCUT2D eigenvalue weighted by Gasteiger charge is 2.06. The van der Waals surface area contributed by atoms with E-state index >= 15 is 0 Å². The molecule has 0 heterocycles. The second-order valence-corrected chi connectivity index (χ2v) is 4.30. The van der Waals surface area contributed by atoms with E-state index in [2.05, 4.69) is 27.4 Å². The summed E-state index contributed by atoms with van der Waals surface area (Å²) < 4.78 is 0. The van der Waals surface area contributed by atoms with Crippen molar-refractivity contribution >= 4 is 11.9 Å². The molecule has 0 rings (SSSR count). The largest absolute Gasteiger partial charge is 0.357 e. The van der Waals surface area contributed by atoms with Gasteiger partial charge in [-0.1, -0.05) is 20.3 Å². The summed E-state index contributed by atoms with van der Waals surface area (Å²) in [7, 11) is 2.00. The van der Waals surface area contributed by atoms with Crippen molar-refractivity contribution in [1.29, 1.82) is 0 Å². The van der Waals surface area contributed by atoms with E-state index in [0.717, 1.165) is 44.9 Å². The average molecular weight is 256 g/mol. The molecule has 5 heteroatoms. The summed E-state index contributed by atoms with van der Waals surface area (Å²) in [6.07, 6.45) is 3.23. The lowest BCUT2D eigenvalue weighted by Gasteiger charge is -2.21. The second kappa shape index (κ2) is 10.9. The maximum atomic E-state index is 11.5. The van der Waals surface area contributed by atoms with Crippen LogP contribution < -0.4 is 10.6 Å². The first kappa shape index (κ1) is 16.7. The van der Waals surface area contributed by atoms with Crippen LogP contribution in [0.15, 0.2) is 4.99 Å². The highest BCUT2D eigenvalue weighted by molar-refractivity contribution is 5.84. The Kier molecular flexibility index (Phi) is 10.1. The molecule has 0 saturated carbocycles. The van der Waals surface area contributed by atoms with Crippen LogP contribution in [-0.2, 0) is 4.79 Å². The van der Waals surface area contributed by atoms with Gasteiger partial charge in [0.2, 0.25) is 5.91 Å². The number of aliphatic imine (C=N–C) groups is 1. The SMILES string of the molecule is CCCCN(C)C(=NCC(=O)NCCC)NCC. The van der Waals surface area contributed by atoms with Crippen molar-refractivity contribution in [2.24, 2.45) is 4.99 Å². The minimum Gasteiger partial charge on any atom is -0.357 e. The van der Waals surface area contributed by atoms with Crippen LogP contribution in [0, 0.1) is 0 Å². The van der Waals surface area contributed by atoms with E-state index in [-0.39, 0.29) is 12.5 Å². The predicted molar refractivity (Wildman–Crippen MR) is 76.8 cm³/mol. The van der Waals surface area contributed by atoms with Crippen molar-refractivity contribution in [3.05, 3.63) is 0 Å². The van der Waals surface area contributed by atoms with Gasteiger partial charge in [0.15, 0.2) is 5.96 Å². The number of hydrogen-bond acceptors (Lipinski definition) is 2. The predicted octanol–water partition coefficient (Wildman–Crippen LogP) is 1.21. The monoisotopic (exact) mass is 256 g/mol. The van der Waals surface area contributed by atoms with Crippen molar-refractivity contribution in [1.82, 2.24) is 15.5 Å². The number of rotatable bonds is 8. The molecule has 0 aliphatic rings. The Balaban J connectivity index is 4.24. The Morgan fingerprint density at radius 3 is 2.44 bits per heavy atom. The minimum atomic E-state index is -0.0175. The molecule has 2 N–H and O–H groups in total. The maximum absolute atomic E-state index is 11.5. The Hall–Kier alpha value is -1.26. The molecule has 106 valence electrons. The van der Waals surface area contributed by atoms with Gasteiger partial charge in [-0.15, -0.1) is 0 Å². The van der Waals surface area contributed by atoms with Gasteiger partial charge in [0.1, 0.15) is 6.54 Å². The summed E-state index contributed by atoms with van der Waals surface area (Å²) >= 11 is 0. The van der Waals surface area contributed by atoms with Gasteiger partial charge in [0.25, 0.3) is 0 Å². The van der Waals surface area contributed by atoms with Gasteiger partial charge >= 0.3 is 0 Å². The average Bonchev–Trinajstić information content (AvgIpc) is 2.38. The fraction of sp³-hybridized carbons (Fsp3) is 0.846. The minimum absolute atomic E-state index is 0.0175. The molecular formula is C13H28N4O. The molecule has 0 aliphatic heterocycles. The molecular weight excluding hydrogens is 228 g/mol. The summed E-state index contributed by atoms with van der Waals surface area (Å²) in [5, 5.41) is 6.02. The van der Waals surface area contributed by atoms with Gasteiger partial charge in [-0.2, -0.15) is 0 Å². The summed E-state index contributed by atoms with van der Waals surface area (Å²) in [4.78, 5) is 17.9. The smallest absolute Gasteiger partial charge is 0.241 e. The summed E-state index contributed by atoms with van der Waals surface area (Å²) in [5.41, 5.74) is 0. The number of unbranched alkanes of at least 4 members (excludes halogenated alkanes) is 1. The van der Waals surface area contributed by atoms with Gasteiger partial charge in [-0.3, -0.25) is 4.79 Å². The Bertz CT molecular complexity index is 253. The van der Waals surface area contributed by atoms with Crippen molar-refractivity contribution < 1.29 is 4.79 Å². The van der Waals surface area contributed by atoms with E-state index in [1.807, 2.05) is 20.9 Å². The van der Waals surface area contributed by atoms with Gasteiger partial charge < -0.3 is 15.5 Å². The van der Waals surface area contributed by atoms with Crippen LogP contribution in [-0.4, -0.2) is 50.0 Å². The first-order valence-electron chi connectivity index (χ1n) is 6.91. The van der Waals surface area contributed by atoms with Gasteiger partial charge in [0, 0.05) is 26.7 Å². The maximum Gasteiger partial charge on any atom is 0.241 e. The van der Waals surface area contributed by atoms with Gasteiger partial charge in [-0.25, -0.2) is 4.99 Å². The topological polar surface area (TPSA) is 56.7 Å². The molecule has 0 radical (unpaired) electrons. The zero-order valence-corrected chi connectivity index (χ0v) is 12.3. The highest BCUT2D eigenvalue weighted by atomic mass is 16.1. The summed E-state index contributed by atoms with van der Waals surface area (Å²) in [5.74, 6) is 0.786. The molecule has 0 fully saturated rings. The lowest BCUT2D eigenvalue weighted by Crippen LogP contribution is -2.40. The molecule has 0 aromatic heterocycles. The van der Waals surface area contributed by atoms with E-state index < -0.39 is 0 Å². The van der Waals surface area contributed by atoms with E-state index in [1.54, 1.807) is 0 Å². The van der Waals surface area contributed by atoms with Crippen molar-refractivity contribution in [3.8, 4) is 0 Å². The molecule has 5 nitrogen and oxygen atoms in total. The number of carbonyl (C=O) groups excluding carboxylic acids is 1. The third kappa shape index (κ3) is 7.92. The molecule has 0 spiro atoms. The summed E-state index contributed by atoms with van der Waals surface area (Å²) in [6, 6.07) is 0. The van der Waals surface area contributed by atoms with E-state index in [4.69, 9.17) is 0 Å². The zero-order valence-electron chi connectivity index (χ0n) is 12.3. The van der Waals surface area contributed by atoms with Gasteiger partial charge in [0.05, 0.1) is 0 Å². The van der Waals surface area contributed by atoms with Crippen molar-refractivity contribution in [2.75, 3.05) is 33.2 Å². The van der Waals surface area contributed by atoms with Crippen LogP contribution in [0.5, 0.6) is 0 Å². The number of carbonyl (C=O) groups is 1. The third-order valence-electron chi connectivity index (χ3n) is 2.49. The fourth-order valence-corrected chi connectivity index (χ4v) is 1.44. The van der Waals surface area contributed by atoms with Crippen LogP contribution in [0.25, 0.3) is 0 Å². The molecule has 0 aromatic rings. The molecule has 0 atom stereocenters. The van der Waals surface area contributed by atoms with Crippen LogP contribution >= 0.6 is 0 Å². The van der Waals surface area contributed by atoms with Crippen molar-refractivity contribution in [2.45, 2.75) is 40.0 Å². The standard InChI is InChI=1S/C13H28N4O/c1-5-8-10-17(4)13(14-7-3)16-11-12(18)15-9-6-2/h5-11H2,1-4H3,(H,14,16)(H,15,18). The first-order valence-corrected chi connectivity index (χ1v) is 6.91. The number of guanidine groups is 1. The summed E-state index contributed by atoms with van der Waals surface area (Å²) in [6.45, 7) is 8.91. The van der Waals surface area contributed by atoms with Crippen LogP contribution in [0.4, 0.5) is 0 Å². The number of nitrogens with one attached hydrogen (secondary N) is 2. The molecule has 0 aliphatic carbocycles. The Morgan fingerprint density at radius 1 is 1.17 bits per heavy atom. The Labute approximate surface area is 111 Å². The number of hydrogen-bond donors (Lipinski definition) is 2. The third-order valence-corrected chi connectivity index (χ3v) is 2.49. The highest BCUT2D eigenvalue weighted by Crippen LogP contribution is 1.93. The molecule has 0 unspecified atom stereocenters.